The summed E-state index contributed by atoms with van der Waals surface area (Å²) in [6.45, 7) is 0.197. The number of nitrogens with one attached hydrogen (secondary N) is 1. The SMILES string of the molecule is FC(F)c1n[nH]c(=S)n1N=Cc1ccc(COc2ccc(Cl)cc2)o1. The van der Waals surface area contributed by atoms with Crippen molar-refractivity contribution >= 4 is 30.0 Å². The van der Waals surface area contributed by atoms with E-state index in [1.807, 2.05) is 0 Å². The second-order valence-electron chi connectivity index (χ2n) is 4.79. The molecule has 2 heterocycles. The lowest BCUT2D eigenvalue weighted by Crippen LogP contribution is -1.99. The molecule has 0 radical (unpaired) electrons. The van der Waals surface area contributed by atoms with Crippen molar-refractivity contribution < 1.29 is 17.9 Å². The minimum Gasteiger partial charge on any atom is -0.486 e. The summed E-state index contributed by atoms with van der Waals surface area (Å²) >= 11 is 10.7. The highest BCUT2D eigenvalue weighted by Crippen LogP contribution is 2.18. The molecule has 25 heavy (non-hydrogen) atoms. The highest BCUT2D eigenvalue weighted by Gasteiger charge is 2.16. The topological polar surface area (TPSA) is 68.3 Å². The number of nitrogens with zero attached hydrogens (tertiary/aromatic N) is 3. The first-order valence-electron chi connectivity index (χ1n) is 7.00. The zero-order valence-corrected chi connectivity index (χ0v) is 14.1. The standard InChI is InChI=1S/C15H11ClF2N4O2S/c16-9-1-3-10(4-2-9)23-8-12-6-5-11(24-12)7-19-22-14(13(17)18)20-21-15(22)25/h1-7,13H,8H2,(H,21,25). The summed E-state index contributed by atoms with van der Waals surface area (Å²) in [5, 5.41) is 10.2. The van der Waals surface area contributed by atoms with Gasteiger partial charge in [-0.3, -0.25) is 0 Å². The van der Waals surface area contributed by atoms with Gasteiger partial charge in [-0.05, 0) is 48.6 Å². The normalized spacial score (nSPS) is 11.5. The van der Waals surface area contributed by atoms with Crippen molar-refractivity contribution in [1.29, 1.82) is 0 Å². The Balaban J connectivity index is 1.66. The lowest BCUT2D eigenvalue weighted by atomic mass is 10.3. The molecular formula is C15H11ClF2N4O2S. The van der Waals surface area contributed by atoms with E-state index in [9.17, 15) is 8.78 Å². The molecule has 10 heteroatoms. The van der Waals surface area contributed by atoms with E-state index in [-0.39, 0.29) is 11.4 Å². The quantitative estimate of drug-likeness (QED) is 0.498. The molecular weight excluding hydrogens is 374 g/mol. The van der Waals surface area contributed by atoms with E-state index in [0.29, 0.717) is 22.3 Å². The molecule has 0 aliphatic carbocycles. The average molecular weight is 385 g/mol. The fourth-order valence-electron chi connectivity index (χ4n) is 1.90. The number of rotatable bonds is 6. The first-order chi connectivity index (χ1) is 12.0. The Morgan fingerprint density at radius 1 is 1.32 bits per heavy atom. The minimum atomic E-state index is -2.80. The molecule has 0 amide bonds. The molecule has 0 aliphatic heterocycles. The Morgan fingerprint density at radius 3 is 2.80 bits per heavy atom. The molecule has 0 unspecified atom stereocenters. The van der Waals surface area contributed by atoms with Crippen LogP contribution in [0.2, 0.25) is 5.02 Å². The van der Waals surface area contributed by atoms with Crippen LogP contribution in [0.4, 0.5) is 8.78 Å². The van der Waals surface area contributed by atoms with Gasteiger partial charge in [0.2, 0.25) is 10.6 Å². The molecule has 3 rings (SSSR count). The number of ether oxygens (including phenoxy) is 1. The van der Waals surface area contributed by atoms with Crippen LogP contribution < -0.4 is 4.74 Å². The largest absolute Gasteiger partial charge is 0.486 e. The first-order valence-corrected chi connectivity index (χ1v) is 7.78. The average Bonchev–Trinajstić information content (AvgIpc) is 3.19. The molecule has 0 bridgehead atoms. The highest BCUT2D eigenvalue weighted by atomic mass is 35.5. The molecule has 0 saturated heterocycles. The number of furan rings is 1. The first kappa shape index (κ1) is 17.3. The zero-order valence-electron chi connectivity index (χ0n) is 12.5. The molecule has 1 aromatic carbocycles. The van der Waals surface area contributed by atoms with Crippen LogP contribution in [0, 0.1) is 4.77 Å². The number of aromatic nitrogens is 3. The lowest BCUT2D eigenvalue weighted by molar-refractivity contribution is 0.136. The molecule has 130 valence electrons. The molecule has 0 atom stereocenters. The Labute approximate surface area is 150 Å². The van der Waals surface area contributed by atoms with Crippen molar-refractivity contribution in [3.63, 3.8) is 0 Å². The van der Waals surface area contributed by atoms with Gasteiger partial charge in [0.15, 0.2) is 0 Å². The summed E-state index contributed by atoms with van der Waals surface area (Å²) < 4.78 is 37.4. The molecule has 3 aromatic rings. The smallest absolute Gasteiger partial charge is 0.299 e. The Bertz CT molecular complexity index is 934. The molecule has 0 saturated carbocycles. The van der Waals surface area contributed by atoms with Gasteiger partial charge >= 0.3 is 0 Å². The van der Waals surface area contributed by atoms with Gasteiger partial charge in [0, 0.05) is 5.02 Å². The Hall–Kier alpha value is -2.52. The van der Waals surface area contributed by atoms with Gasteiger partial charge < -0.3 is 9.15 Å². The number of hydrogen-bond acceptors (Lipinski definition) is 5. The van der Waals surface area contributed by atoms with E-state index in [1.165, 1.54) is 6.21 Å². The lowest BCUT2D eigenvalue weighted by Gasteiger charge is -2.03. The number of alkyl halides is 2. The molecule has 2 aromatic heterocycles. The van der Waals surface area contributed by atoms with E-state index in [4.69, 9.17) is 33.0 Å². The van der Waals surface area contributed by atoms with Crippen molar-refractivity contribution in [3.8, 4) is 5.75 Å². The second kappa shape index (κ2) is 7.58. The van der Waals surface area contributed by atoms with Crippen LogP contribution in [0.25, 0.3) is 0 Å². The van der Waals surface area contributed by atoms with E-state index in [0.717, 1.165) is 4.68 Å². The van der Waals surface area contributed by atoms with Crippen LogP contribution in [-0.2, 0) is 6.61 Å². The fourth-order valence-corrected chi connectivity index (χ4v) is 2.21. The maximum atomic E-state index is 12.8. The highest BCUT2D eigenvalue weighted by molar-refractivity contribution is 7.71. The van der Waals surface area contributed by atoms with Gasteiger partial charge in [0.05, 0.1) is 6.21 Å². The van der Waals surface area contributed by atoms with Crippen molar-refractivity contribution in [2.75, 3.05) is 0 Å². The predicted octanol–water partition coefficient (Wildman–Crippen LogP) is 4.59. The van der Waals surface area contributed by atoms with Gasteiger partial charge in [0.1, 0.15) is 23.9 Å². The second-order valence-corrected chi connectivity index (χ2v) is 5.61. The fraction of sp³-hybridized carbons (Fsp3) is 0.133. The van der Waals surface area contributed by atoms with Crippen LogP contribution >= 0.6 is 23.8 Å². The van der Waals surface area contributed by atoms with E-state index >= 15 is 0 Å². The number of H-pyrrole nitrogens is 1. The van der Waals surface area contributed by atoms with Gasteiger partial charge in [-0.2, -0.15) is 14.9 Å². The van der Waals surface area contributed by atoms with Crippen LogP contribution in [-0.4, -0.2) is 21.1 Å². The monoisotopic (exact) mass is 384 g/mol. The van der Waals surface area contributed by atoms with Crippen LogP contribution in [0.3, 0.4) is 0 Å². The Morgan fingerprint density at radius 2 is 2.08 bits per heavy atom. The van der Waals surface area contributed by atoms with Crippen LogP contribution in [0.15, 0.2) is 45.9 Å². The van der Waals surface area contributed by atoms with Gasteiger partial charge in [-0.1, -0.05) is 11.6 Å². The number of hydrogen-bond donors (Lipinski definition) is 1. The third-order valence-corrected chi connectivity index (χ3v) is 3.56. The summed E-state index contributed by atoms with van der Waals surface area (Å²) in [6.07, 6.45) is -1.53. The van der Waals surface area contributed by atoms with E-state index in [2.05, 4.69) is 15.3 Å². The number of benzene rings is 1. The molecule has 0 aliphatic rings. The molecule has 6 nitrogen and oxygen atoms in total. The van der Waals surface area contributed by atoms with Gasteiger partial charge in [0.25, 0.3) is 6.43 Å². The third-order valence-electron chi connectivity index (χ3n) is 3.05. The molecule has 1 N–H and O–H groups in total. The zero-order chi connectivity index (χ0) is 17.8. The number of aromatic amines is 1. The third kappa shape index (κ3) is 4.31. The van der Waals surface area contributed by atoms with E-state index < -0.39 is 12.2 Å². The summed E-state index contributed by atoms with van der Waals surface area (Å²) in [7, 11) is 0. The van der Waals surface area contributed by atoms with Crippen molar-refractivity contribution in [1.82, 2.24) is 14.9 Å². The van der Waals surface area contributed by atoms with Crippen molar-refractivity contribution in [2.45, 2.75) is 13.0 Å². The maximum absolute atomic E-state index is 12.8. The summed E-state index contributed by atoms with van der Waals surface area (Å²) in [6, 6.07) is 10.2. The van der Waals surface area contributed by atoms with E-state index in [1.54, 1.807) is 36.4 Å². The minimum absolute atomic E-state index is 0.0376. The summed E-state index contributed by atoms with van der Waals surface area (Å²) in [5.41, 5.74) is 0. The van der Waals surface area contributed by atoms with Gasteiger partial charge in [-0.15, -0.1) is 0 Å². The van der Waals surface area contributed by atoms with Crippen LogP contribution in [0.5, 0.6) is 5.75 Å². The summed E-state index contributed by atoms with van der Waals surface area (Å²) in [4.78, 5) is 0. The van der Waals surface area contributed by atoms with Crippen molar-refractivity contribution in [2.24, 2.45) is 5.10 Å². The summed E-state index contributed by atoms with van der Waals surface area (Å²) in [5.74, 6) is 0.973. The van der Waals surface area contributed by atoms with Crippen LogP contribution in [0.1, 0.15) is 23.8 Å². The molecule has 0 spiro atoms. The Kier molecular flexibility index (Phi) is 5.25. The molecule has 0 fully saturated rings. The van der Waals surface area contributed by atoms with Gasteiger partial charge in [-0.25, -0.2) is 13.9 Å². The predicted molar refractivity (Wildman–Crippen MR) is 89.9 cm³/mol. The number of halogens is 3. The maximum Gasteiger partial charge on any atom is 0.299 e. The van der Waals surface area contributed by atoms with Crippen molar-refractivity contribution in [3.05, 3.63) is 63.5 Å².